The van der Waals surface area contributed by atoms with Crippen molar-refractivity contribution in [3.05, 3.63) is 28.0 Å². The van der Waals surface area contributed by atoms with E-state index in [9.17, 15) is 4.79 Å². The normalized spacial score (nSPS) is 11.2. The van der Waals surface area contributed by atoms with Crippen molar-refractivity contribution >= 4 is 17.3 Å². The molecule has 2 heterocycles. The van der Waals surface area contributed by atoms with Gasteiger partial charge in [-0.2, -0.15) is 5.10 Å². The first-order chi connectivity index (χ1) is 9.02. The third-order valence-electron chi connectivity index (χ3n) is 2.94. The SMILES string of the molecule is CCn1nc(C)cc1CC(=O)c1snnc1C(C)C. The van der Waals surface area contributed by atoms with Crippen molar-refractivity contribution in [3.8, 4) is 0 Å². The van der Waals surface area contributed by atoms with Crippen LogP contribution in [-0.4, -0.2) is 25.2 Å². The molecule has 2 aromatic heterocycles. The van der Waals surface area contributed by atoms with Crippen LogP contribution in [0.15, 0.2) is 6.07 Å². The number of hydrogen-bond acceptors (Lipinski definition) is 5. The third kappa shape index (κ3) is 2.89. The lowest BCUT2D eigenvalue weighted by molar-refractivity contribution is 0.0993. The van der Waals surface area contributed by atoms with E-state index in [0.29, 0.717) is 11.3 Å². The first-order valence-electron chi connectivity index (χ1n) is 6.41. The lowest BCUT2D eigenvalue weighted by Gasteiger charge is -2.05. The van der Waals surface area contributed by atoms with Crippen LogP contribution in [0.2, 0.25) is 0 Å². The van der Waals surface area contributed by atoms with Crippen LogP contribution in [-0.2, 0) is 13.0 Å². The lowest BCUT2D eigenvalue weighted by atomic mass is 10.1. The molecule has 2 rings (SSSR count). The fourth-order valence-corrected chi connectivity index (χ4v) is 2.78. The molecular formula is C13H18N4OS. The Morgan fingerprint density at radius 3 is 2.84 bits per heavy atom. The molecule has 0 saturated heterocycles. The van der Waals surface area contributed by atoms with Crippen LogP contribution < -0.4 is 0 Å². The predicted octanol–water partition coefficient (Wildman–Crippen LogP) is 2.61. The van der Waals surface area contributed by atoms with Gasteiger partial charge < -0.3 is 0 Å². The van der Waals surface area contributed by atoms with E-state index in [1.54, 1.807) is 0 Å². The average Bonchev–Trinajstić information content (AvgIpc) is 2.95. The van der Waals surface area contributed by atoms with E-state index in [-0.39, 0.29) is 11.7 Å². The summed E-state index contributed by atoms with van der Waals surface area (Å²) in [7, 11) is 0. The number of aryl methyl sites for hydroxylation is 2. The van der Waals surface area contributed by atoms with Crippen LogP contribution in [0.3, 0.4) is 0 Å². The number of carbonyl (C=O) groups excluding carboxylic acids is 1. The number of nitrogens with zero attached hydrogens (tertiary/aromatic N) is 4. The van der Waals surface area contributed by atoms with Gasteiger partial charge in [-0.15, -0.1) is 5.10 Å². The third-order valence-corrected chi connectivity index (χ3v) is 3.72. The summed E-state index contributed by atoms with van der Waals surface area (Å²) < 4.78 is 5.77. The predicted molar refractivity (Wildman–Crippen MR) is 74.7 cm³/mol. The highest BCUT2D eigenvalue weighted by Crippen LogP contribution is 2.21. The number of rotatable bonds is 5. The van der Waals surface area contributed by atoms with E-state index < -0.39 is 0 Å². The standard InChI is InChI=1S/C13H18N4OS/c1-5-17-10(6-9(4)15-17)7-11(18)13-12(8(2)3)14-16-19-13/h6,8H,5,7H2,1-4H3. The molecule has 5 nitrogen and oxygen atoms in total. The maximum Gasteiger partial charge on any atom is 0.182 e. The van der Waals surface area contributed by atoms with Crippen LogP contribution >= 0.6 is 11.5 Å². The van der Waals surface area contributed by atoms with E-state index in [1.165, 1.54) is 11.5 Å². The minimum atomic E-state index is 0.0771. The number of aromatic nitrogens is 4. The number of carbonyl (C=O) groups is 1. The van der Waals surface area contributed by atoms with Crippen molar-refractivity contribution in [3.63, 3.8) is 0 Å². The Morgan fingerprint density at radius 1 is 1.47 bits per heavy atom. The van der Waals surface area contributed by atoms with Crippen LogP contribution in [0.5, 0.6) is 0 Å². The molecule has 0 N–H and O–H groups in total. The van der Waals surface area contributed by atoms with Crippen molar-refractivity contribution in [2.24, 2.45) is 0 Å². The Balaban J connectivity index is 2.23. The molecule has 0 spiro atoms. The Bertz CT molecular complexity index is 585. The van der Waals surface area contributed by atoms with E-state index >= 15 is 0 Å². The molecule has 6 heteroatoms. The lowest BCUT2D eigenvalue weighted by Crippen LogP contribution is -2.10. The topological polar surface area (TPSA) is 60.7 Å². The second-order valence-electron chi connectivity index (χ2n) is 4.83. The first kappa shape index (κ1) is 13.9. The van der Waals surface area contributed by atoms with Gasteiger partial charge in [0, 0.05) is 12.2 Å². The molecule has 0 aromatic carbocycles. The molecule has 2 aromatic rings. The van der Waals surface area contributed by atoms with Crippen LogP contribution in [0, 0.1) is 6.92 Å². The van der Waals surface area contributed by atoms with Gasteiger partial charge in [-0.05, 0) is 37.4 Å². The molecule has 0 aliphatic carbocycles. The Hall–Kier alpha value is -1.56. The molecule has 0 bridgehead atoms. The Morgan fingerprint density at radius 2 is 2.21 bits per heavy atom. The largest absolute Gasteiger partial charge is 0.293 e. The Labute approximate surface area is 116 Å². The van der Waals surface area contributed by atoms with Gasteiger partial charge in [0.05, 0.1) is 17.8 Å². The summed E-state index contributed by atoms with van der Waals surface area (Å²) in [6.45, 7) is 8.78. The van der Waals surface area contributed by atoms with Gasteiger partial charge >= 0.3 is 0 Å². The number of ketones is 1. The molecular weight excluding hydrogens is 260 g/mol. The van der Waals surface area contributed by atoms with Crippen LogP contribution in [0.1, 0.15) is 53.4 Å². The second-order valence-corrected chi connectivity index (χ2v) is 5.59. The second kappa shape index (κ2) is 5.61. The van der Waals surface area contributed by atoms with Gasteiger partial charge in [0.25, 0.3) is 0 Å². The fraction of sp³-hybridized carbons (Fsp3) is 0.538. The molecule has 0 aliphatic rings. The Kier molecular flexibility index (Phi) is 4.09. The first-order valence-corrected chi connectivity index (χ1v) is 7.19. The van der Waals surface area contributed by atoms with Crippen LogP contribution in [0.4, 0.5) is 0 Å². The van der Waals surface area contributed by atoms with Gasteiger partial charge in [-0.3, -0.25) is 9.48 Å². The molecule has 0 saturated carbocycles. The highest BCUT2D eigenvalue weighted by Gasteiger charge is 2.20. The van der Waals surface area contributed by atoms with Crippen molar-refractivity contribution in [2.75, 3.05) is 0 Å². The highest BCUT2D eigenvalue weighted by atomic mass is 32.1. The summed E-state index contributed by atoms with van der Waals surface area (Å²) >= 11 is 1.19. The molecule has 0 unspecified atom stereocenters. The molecule has 0 fully saturated rings. The monoisotopic (exact) mass is 278 g/mol. The maximum absolute atomic E-state index is 12.4. The number of Topliss-reactive ketones (excluding diaryl/α,β-unsaturated/α-hetero) is 1. The van der Waals surface area contributed by atoms with Gasteiger partial charge in [0.1, 0.15) is 4.88 Å². The van der Waals surface area contributed by atoms with Crippen molar-refractivity contribution in [1.29, 1.82) is 0 Å². The van der Waals surface area contributed by atoms with Crippen molar-refractivity contribution < 1.29 is 4.79 Å². The molecule has 0 radical (unpaired) electrons. The molecule has 0 amide bonds. The van der Waals surface area contributed by atoms with Gasteiger partial charge in [-0.1, -0.05) is 18.3 Å². The minimum Gasteiger partial charge on any atom is -0.293 e. The molecule has 102 valence electrons. The van der Waals surface area contributed by atoms with E-state index in [4.69, 9.17) is 0 Å². The smallest absolute Gasteiger partial charge is 0.182 e. The minimum absolute atomic E-state index is 0.0771. The van der Waals surface area contributed by atoms with E-state index in [1.807, 2.05) is 38.4 Å². The zero-order valence-corrected chi connectivity index (χ0v) is 12.5. The quantitative estimate of drug-likeness (QED) is 0.789. The molecule has 0 atom stereocenters. The van der Waals surface area contributed by atoms with Crippen molar-refractivity contribution in [2.45, 2.75) is 46.6 Å². The molecule has 0 aliphatic heterocycles. The number of hydrogen-bond donors (Lipinski definition) is 0. The van der Waals surface area contributed by atoms with E-state index in [2.05, 4.69) is 14.7 Å². The van der Waals surface area contributed by atoms with Crippen LogP contribution in [0.25, 0.3) is 0 Å². The zero-order chi connectivity index (χ0) is 14.0. The summed E-state index contributed by atoms with van der Waals surface area (Å²) in [5.74, 6) is 0.295. The summed E-state index contributed by atoms with van der Waals surface area (Å²) in [5, 5.41) is 8.41. The average molecular weight is 278 g/mol. The van der Waals surface area contributed by atoms with Gasteiger partial charge in [-0.25, -0.2) is 0 Å². The molecule has 19 heavy (non-hydrogen) atoms. The summed E-state index contributed by atoms with van der Waals surface area (Å²) in [6, 6.07) is 1.96. The van der Waals surface area contributed by atoms with E-state index in [0.717, 1.165) is 23.6 Å². The van der Waals surface area contributed by atoms with Gasteiger partial charge in [0.2, 0.25) is 0 Å². The summed E-state index contributed by atoms with van der Waals surface area (Å²) in [5.41, 5.74) is 2.69. The summed E-state index contributed by atoms with van der Waals surface area (Å²) in [6.07, 6.45) is 0.359. The highest BCUT2D eigenvalue weighted by molar-refractivity contribution is 7.08. The fourth-order valence-electron chi connectivity index (χ4n) is 2.03. The summed E-state index contributed by atoms with van der Waals surface area (Å²) in [4.78, 5) is 13.0. The zero-order valence-electron chi connectivity index (χ0n) is 11.7. The maximum atomic E-state index is 12.4. The van der Waals surface area contributed by atoms with Crippen molar-refractivity contribution in [1.82, 2.24) is 19.4 Å². The van der Waals surface area contributed by atoms with Gasteiger partial charge in [0.15, 0.2) is 5.78 Å².